The van der Waals surface area contributed by atoms with Crippen LogP contribution in [0.15, 0.2) is 47.3 Å². The molecule has 4 heterocycles. The molecule has 35 heavy (non-hydrogen) atoms. The Labute approximate surface area is 205 Å². The lowest BCUT2D eigenvalue weighted by molar-refractivity contribution is 0.0298. The summed E-state index contributed by atoms with van der Waals surface area (Å²) in [6.07, 6.45) is 5.50. The van der Waals surface area contributed by atoms with Crippen LogP contribution in [-0.2, 0) is 16.0 Å². The number of esters is 1. The molecule has 0 radical (unpaired) electrons. The second-order valence-corrected chi connectivity index (χ2v) is 8.59. The van der Waals surface area contributed by atoms with Gasteiger partial charge in [-0.25, -0.2) is 14.3 Å². The van der Waals surface area contributed by atoms with Crippen LogP contribution in [0.25, 0.3) is 16.6 Å². The SMILES string of the molecule is O=C(OCCCN1CCOCC1)c1cc(Cl)cc2cc(CNC(=O)c3cnn4cccnc34)oc12. The highest BCUT2D eigenvalue weighted by molar-refractivity contribution is 6.32. The number of furan rings is 1. The van der Waals surface area contributed by atoms with Crippen LogP contribution < -0.4 is 5.32 Å². The molecule has 1 N–H and O–H groups in total. The number of hydrogen-bond acceptors (Lipinski definition) is 8. The molecule has 0 bridgehead atoms. The summed E-state index contributed by atoms with van der Waals surface area (Å²) in [6.45, 7) is 4.50. The Morgan fingerprint density at radius 1 is 1.17 bits per heavy atom. The fourth-order valence-electron chi connectivity index (χ4n) is 4.01. The highest BCUT2D eigenvalue weighted by Crippen LogP contribution is 2.28. The molecule has 5 rings (SSSR count). The predicted octanol–water partition coefficient (Wildman–Crippen LogP) is 2.94. The van der Waals surface area contributed by atoms with Crippen molar-refractivity contribution in [3.8, 4) is 0 Å². The number of morpholine rings is 1. The predicted molar refractivity (Wildman–Crippen MR) is 128 cm³/mol. The van der Waals surface area contributed by atoms with E-state index in [1.165, 1.54) is 16.8 Å². The van der Waals surface area contributed by atoms with Crippen molar-refractivity contribution in [1.82, 2.24) is 24.8 Å². The van der Waals surface area contributed by atoms with E-state index in [1.54, 1.807) is 30.6 Å². The smallest absolute Gasteiger partial charge is 0.342 e. The summed E-state index contributed by atoms with van der Waals surface area (Å²) in [5, 5.41) is 7.97. The first-order valence-corrected chi connectivity index (χ1v) is 11.7. The highest BCUT2D eigenvalue weighted by atomic mass is 35.5. The topological polar surface area (TPSA) is 111 Å². The van der Waals surface area contributed by atoms with Crippen molar-refractivity contribution in [2.24, 2.45) is 0 Å². The molecule has 11 heteroatoms. The number of aromatic nitrogens is 3. The summed E-state index contributed by atoms with van der Waals surface area (Å²) in [7, 11) is 0. The quantitative estimate of drug-likeness (QED) is 0.292. The largest absolute Gasteiger partial charge is 0.462 e. The number of rotatable bonds is 8. The molecular weight excluding hydrogens is 474 g/mol. The first-order chi connectivity index (χ1) is 17.1. The zero-order valence-corrected chi connectivity index (χ0v) is 19.7. The van der Waals surface area contributed by atoms with Crippen molar-refractivity contribution >= 4 is 40.1 Å². The zero-order valence-electron chi connectivity index (χ0n) is 18.9. The van der Waals surface area contributed by atoms with E-state index in [9.17, 15) is 9.59 Å². The van der Waals surface area contributed by atoms with Gasteiger partial charge in [-0.2, -0.15) is 5.10 Å². The van der Waals surface area contributed by atoms with Gasteiger partial charge in [-0.3, -0.25) is 9.69 Å². The number of carbonyl (C=O) groups is 2. The van der Waals surface area contributed by atoms with Crippen molar-refractivity contribution in [2.45, 2.75) is 13.0 Å². The van der Waals surface area contributed by atoms with E-state index in [0.717, 1.165) is 39.3 Å². The lowest BCUT2D eigenvalue weighted by Gasteiger charge is -2.26. The summed E-state index contributed by atoms with van der Waals surface area (Å²) in [5.41, 5.74) is 1.43. The van der Waals surface area contributed by atoms with Crippen LogP contribution in [0.3, 0.4) is 0 Å². The van der Waals surface area contributed by atoms with Gasteiger partial charge < -0.3 is 19.2 Å². The highest BCUT2D eigenvalue weighted by Gasteiger charge is 2.19. The van der Waals surface area contributed by atoms with Gasteiger partial charge in [0.15, 0.2) is 5.65 Å². The number of nitrogens with one attached hydrogen (secondary N) is 1. The molecule has 0 saturated carbocycles. The summed E-state index contributed by atoms with van der Waals surface area (Å²) in [5.74, 6) is -0.361. The maximum atomic E-state index is 12.8. The summed E-state index contributed by atoms with van der Waals surface area (Å²) < 4.78 is 18.2. The Balaban J connectivity index is 1.23. The molecule has 182 valence electrons. The Morgan fingerprint density at radius 2 is 2.03 bits per heavy atom. The van der Waals surface area contributed by atoms with Gasteiger partial charge in [0, 0.05) is 42.4 Å². The fraction of sp³-hybridized carbons (Fsp3) is 0.333. The Morgan fingerprint density at radius 3 is 2.89 bits per heavy atom. The average molecular weight is 498 g/mol. The van der Waals surface area contributed by atoms with Crippen LogP contribution in [-0.4, -0.2) is 70.8 Å². The molecule has 0 atom stereocenters. The minimum absolute atomic E-state index is 0.114. The molecule has 10 nitrogen and oxygen atoms in total. The van der Waals surface area contributed by atoms with E-state index in [1.807, 2.05) is 0 Å². The maximum absolute atomic E-state index is 12.8. The number of halogens is 1. The summed E-state index contributed by atoms with van der Waals surface area (Å²) >= 11 is 6.24. The maximum Gasteiger partial charge on any atom is 0.342 e. The van der Waals surface area contributed by atoms with Crippen LogP contribution in [0.5, 0.6) is 0 Å². The zero-order chi connectivity index (χ0) is 24.2. The third-order valence-corrected chi connectivity index (χ3v) is 5.97. The first kappa shape index (κ1) is 23.3. The van der Waals surface area contributed by atoms with Gasteiger partial charge in [0.1, 0.15) is 22.5 Å². The number of hydrogen-bond donors (Lipinski definition) is 1. The first-order valence-electron chi connectivity index (χ1n) is 11.3. The van der Waals surface area contributed by atoms with E-state index >= 15 is 0 Å². The molecular formula is C24H24ClN5O5. The lowest BCUT2D eigenvalue weighted by Crippen LogP contribution is -2.37. The third-order valence-electron chi connectivity index (χ3n) is 5.75. The van der Waals surface area contributed by atoms with E-state index < -0.39 is 5.97 Å². The molecule has 0 aliphatic carbocycles. The summed E-state index contributed by atoms with van der Waals surface area (Å²) in [6, 6.07) is 6.71. The van der Waals surface area contributed by atoms with Crippen LogP contribution in [0.1, 0.15) is 32.9 Å². The molecule has 1 fully saturated rings. The molecule has 0 unspecified atom stereocenters. The summed E-state index contributed by atoms with van der Waals surface area (Å²) in [4.78, 5) is 31.9. The molecule has 1 aliphatic heterocycles. The number of benzene rings is 1. The van der Waals surface area contributed by atoms with Gasteiger partial charge in [-0.05, 0) is 30.7 Å². The standard InChI is InChI=1S/C24H24ClN5O5/c25-17-11-16-12-18(14-27-23(31)20-15-28-30-5-1-3-26-22(20)30)35-21(16)19(13-17)24(32)34-8-2-4-29-6-9-33-10-7-29/h1,3,5,11-13,15H,2,4,6-10,14H2,(H,27,31). The molecule has 1 amide bonds. The molecule has 0 spiro atoms. The minimum atomic E-state index is -0.498. The van der Waals surface area contributed by atoms with Crippen molar-refractivity contribution < 1.29 is 23.5 Å². The van der Waals surface area contributed by atoms with E-state index in [4.69, 9.17) is 25.5 Å². The monoisotopic (exact) mass is 497 g/mol. The third kappa shape index (κ3) is 5.29. The van der Waals surface area contributed by atoms with Crippen molar-refractivity contribution in [1.29, 1.82) is 0 Å². The van der Waals surface area contributed by atoms with Gasteiger partial charge >= 0.3 is 5.97 Å². The van der Waals surface area contributed by atoms with Crippen molar-refractivity contribution in [3.05, 3.63) is 64.8 Å². The van der Waals surface area contributed by atoms with Crippen molar-refractivity contribution in [3.63, 3.8) is 0 Å². The van der Waals surface area contributed by atoms with Crippen LogP contribution in [0, 0.1) is 0 Å². The van der Waals surface area contributed by atoms with Gasteiger partial charge in [0.25, 0.3) is 5.91 Å². The minimum Gasteiger partial charge on any atom is -0.462 e. The number of ether oxygens (including phenoxy) is 2. The van der Waals surface area contributed by atoms with Gasteiger partial charge in [0.05, 0.1) is 32.6 Å². The number of amides is 1. The number of fused-ring (bicyclic) bond motifs is 2. The van der Waals surface area contributed by atoms with Crippen LogP contribution in [0.2, 0.25) is 5.02 Å². The van der Waals surface area contributed by atoms with Gasteiger partial charge in [0.2, 0.25) is 0 Å². The van der Waals surface area contributed by atoms with E-state index in [2.05, 4.69) is 20.3 Å². The second-order valence-electron chi connectivity index (χ2n) is 8.16. The Bertz CT molecular complexity index is 1360. The normalized spacial score (nSPS) is 14.4. The van der Waals surface area contributed by atoms with E-state index in [0.29, 0.717) is 39.6 Å². The van der Waals surface area contributed by atoms with Crippen LogP contribution >= 0.6 is 11.6 Å². The fourth-order valence-corrected chi connectivity index (χ4v) is 4.24. The lowest BCUT2D eigenvalue weighted by atomic mass is 10.1. The van der Waals surface area contributed by atoms with E-state index in [-0.39, 0.29) is 18.0 Å². The average Bonchev–Trinajstić information content (AvgIpc) is 3.49. The van der Waals surface area contributed by atoms with Crippen LogP contribution in [0.4, 0.5) is 0 Å². The Hall–Kier alpha value is -3.47. The molecule has 3 aromatic heterocycles. The Kier molecular flexibility index (Phi) is 6.94. The number of nitrogens with zero attached hydrogens (tertiary/aromatic N) is 4. The molecule has 1 aliphatic rings. The van der Waals surface area contributed by atoms with Gasteiger partial charge in [-0.1, -0.05) is 11.6 Å². The van der Waals surface area contributed by atoms with Crippen molar-refractivity contribution in [2.75, 3.05) is 39.5 Å². The second kappa shape index (κ2) is 10.4. The molecule has 1 saturated heterocycles. The molecule has 4 aromatic rings. The molecule has 1 aromatic carbocycles. The van der Waals surface area contributed by atoms with Gasteiger partial charge in [-0.15, -0.1) is 0 Å². The number of carbonyl (C=O) groups excluding carboxylic acids is 2.